The number of hydrogen-bond acceptors (Lipinski definition) is 5. The third-order valence-corrected chi connectivity index (χ3v) is 4.31. The van der Waals surface area contributed by atoms with E-state index < -0.39 is 0 Å². The zero-order valence-electron chi connectivity index (χ0n) is 13.1. The summed E-state index contributed by atoms with van der Waals surface area (Å²) in [6.45, 7) is 1.47. The summed E-state index contributed by atoms with van der Waals surface area (Å²) in [7, 11) is 0. The third kappa shape index (κ3) is 2.78. The summed E-state index contributed by atoms with van der Waals surface area (Å²) in [6, 6.07) is 9.49. The quantitative estimate of drug-likeness (QED) is 0.726. The zero-order valence-corrected chi connectivity index (χ0v) is 13.1. The predicted molar refractivity (Wildman–Crippen MR) is 85.6 cm³/mol. The van der Waals surface area contributed by atoms with E-state index in [1.54, 1.807) is 10.9 Å². The first kappa shape index (κ1) is 14.6. The Morgan fingerprint density at radius 1 is 1.21 bits per heavy atom. The van der Waals surface area contributed by atoms with Crippen LogP contribution in [0, 0.1) is 0 Å². The number of carbonyl (C=O) groups is 1. The highest BCUT2D eigenvalue weighted by molar-refractivity contribution is 5.94. The van der Waals surface area contributed by atoms with Gasteiger partial charge in [0.25, 0.3) is 5.91 Å². The average Bonchev–Trinajstić information content (AvgIpc) is 3.35. The van der Waals surface area contributed by atoms with Gasteiger partial charge in [0.15, 0.2) is 0 Å². The van der Waals surface area contributed by atoms with Crippen LogP contribution in [-0.2, 0) is 0 Å². The van der Waals surface area contributed by atoms with Gasteiger partial charge in [-0.1, -0.05) is 0 Å². The summed E-state index contributed by atoms with van der Waals surface area (Å²) < 4.78 is 3.50. The molecule has 0 aliphatic carbocycles. The highest BCUT2D eigenvalue weighted by Crippen LogP contribution is 2.22. The minimum absolute atomic E-state index is 0.0510. The number of likely N-dealkylation sites (tertiary alicyclic amines) is 1. The molecule has 0 saturated carbocycles. The zero-order chi connectivity index (χ0) is 16.4. The number of benzene rings is 1. The lowest BCUT2D eigenvalue weighted by molar-refractivity contribution is 0.0673. The molecule has 3 heterocycles. The lowest BCUT2D eigenvalue weighted by Gasteiger charge is -2.33. The molecule has 3 aromatic rings. The van der Waals surface area contributed by atoms with Crippen molar-refractivity contribution in [3.8, 4) is 5.69 Å². The molecule has 1 aliphatic rings. The van der Waals surface area contributed by atoms with E-state index in [-0.39, 0.29) is 11.9 Å². The molecule has 1 unspecified atom stereocenters. The van der Waals surface area contributed by atoms with E-state index in [1.165, 1.54) is 6.33 Å². The van der Waals surface area contributed by atoms with Gasteiger partial charge in [-0.2, -0.15) is 5.10 Å². The molecule has 0 radical (unpaired) electrons. The van der Waals surface area contributed by atoms with E-state index in [4.69, 9.17) is 0 Å². The van der Waals surface area contributed by atoms with Gasteiger partial charge in [-0.3, -0.25) is 9.48 Å². The molecule has 4 rings (SSSR count). The molecule has 2 aromatic heterocycles. The standard InChI is InChI=1S/C16H17N7O/c24-16(13-4-6-14(7-5-13)23-12-17-19-20-23)21-9-1-3-15(11-21)22-10-2-8-18-22/h2,4-8,10,12,15H,1,3,9,11H2. The van der Waals surface area contributed by atoms with Gasteiger partial charge in [0, 0.05) is 31.0 Å². The van der Waals surface area contributed by atoms with Gasteiger partial charge in [-0.25, -0.2) is 4.68 Å². The predicted octanol–water partition coefficient (Wildman–Crippen LogP) is 1.34. The molecule has 24 heavy (non-hydrogen) atoms. The number of nitrogens with zero attached hydrogens (tertiary/aromatic N) is 7. The molecule has 8 nitrogen and oxygen atoms in total. The maximum absolute atomic E-state index is 12.8. The molecule has 8 heteroatoms. The lowest BCUT2D eigenvalue weighted by Crippen LogP contribution is -2.40. The minimum Gasteiger partial charge on any atom is -0.337 e. The maximum Gasteiger partial charge on any atom is 0.253 e. The maximum atomic E-state index is 12.8. The normalized spacial score (nSPS) is 17.8. The molecule has 1 aliphatic heterocycles. The second-order valence-electron chi connectivity index (χ2n) is 5.83. The summed E-state index contributed by atoms with van der Waals surface area (Å²) in [5.74, 6) is 0.0510. The topological polar surface area (TPSA) is 81.7 Å². The van der Waals surface area contributed by atoms with Crippen molar-refractivity contribution in [2.24, 2.45) is 0 Å². The van der Waals surface area contributed by atoms with Crippen LogP contribution in [-0.4, -0.2) is 53.9 Å². The van der Waals surface area contributed by atoms with Crippen molar-refractivity contribution < 1.29 is 4.79 Å². The monoisotopic (exact) mass is 323 g/mol. The van der Waals surface area contributed by atoms with Gasteiger partial charge in [0.2, 0.25) is 0 Å². The van der Waals surface area contributed by atoms with Gasteiger partial charge in [-0.05, 0) is 53.6 Å². The summed E-state index contributed by atoms with van der Waals surface area (Å²) in [4.78, 5) is 14.7. The van der Waals surface area contributed by atoms with E-state index in [0.717, 1.165) is 25.1 Å². The second-order valence-corrected chi connectivity index (χ2v) is 5.83. The summed E-state index contributed by atoms with van der Waals surface area (Å²) in [5, 5.41) is 15.4. The van der Waals surface area contributed by atoms with E-state index in [2.05, 4.69) is 20.6 Å². The Hall–Kier alpha value is -3.03. The number of carbonyl (C=O) groups excluding carboxylic acids is 1. The van der Waals surface area contributed by atoms with Crippen LogP contribution in [0.25, 0.3) is 5.69 Å². The van der Waals surface area contributed by atoms with E-state index >= 15 is 0 Å². The van der Waals surface area contributed by atoms with Gasteiger partial charge in [0.05, 0.1) is 11.7 Å². The van der Waals surface area contributed by atoms with Crippen LogP contribution in [0.3, 0.4) is 0 Å². The lowest BCUT2D eigenvalue weighted by atomic mass is 10.0. The highest BCUT2D eigenvalue weighted by Gasteiger charge is 2.25. The molecular weight excluding hydrogens is 306 g/mol. The number of piperidine rings is 1. The second kappa shape index (κ2) is 6.23. The fraction of sp³-hybridized carbons (Fsp3) is 0.312. The van der Waals surface area contributed by atoms with Crippen molar-refractivity contribution in [2.45, 2.75) is 18.9 Å². The Bertz CT molecular complexity index is 796. The van der Waals surface area contributed by atoms with E-state index in [1.807, 2.05) is 46.1 Å². The molecule has 1 fully saturated rings. The Morgan fingerprint density at radius 2 is 2.08 bits per heavy atom. The fourth-order valence-electron chi connectivity index (χ4n) is 3.07. The van der Waals surface area contributed by atoms with Crippen molar-refractivity contribution in [1.29, 1.82) is 0 Å². The fourth-order valence-corrected chi connectivity index (χ4v) is 3.07. The van der Waals surface area contributed by atoms with Crippen molar-refractivity contribution in [3.05, 3.63) is 54.6 Å². The molecular formula is C16H17N7O. The number of amides is 1. The number of hydrogen-bond donors (Lipinski definition) is 0. The van der Waals surface area contributed by atoms with Crippen LogP contribution < -0.4 is 0 Å². The number of rotatable bonds is 3. The minimum atomic E-state index is 0.0510. The molecule has 0 bridgehead atoms. The summed E-state index contributed by atoms with van der Waals surface area (Å²) in [5.41, 5.74) is 1.50. The van der Waals surface area contributed by atoms with Gasteiger partial charge < -0.3 is 4.90 Å². The molecule has 0 N–H and O–H groups in total. The van der Waals surface area contributed by atoms with Crippen LogP contribution in [0.15, 0.2) is 49.1 Å². The van der Waals surface area contributed by atoms with Gasteiger partial charge >= 0.3 is 0 Å². The number of tetrazole rings is 1. The molecule has 0 spiro atoms. The Morgan fingerprint density at radius 3 is 2.79 bits per heavy atom. The SMILES string of the molecule is O=C(c1ccc(-n2cnnn2)cc1)N1CCCC(n2cccn2)C1. The molecule has 1 saturated heterocycles. The highest BCUT2D eigenvalue weighted by atomic mass is 16.2. The van der Waals surface area contributed by atoms with Crippen molar-refractivity contribution >= 4 is 5.91 Å². The largest absolute Gasteiger partial charge is 0.337 e. The molecule has 1 atom stereocenters. The summed E-state index contributed by atoms with van der Waals surface area (Å²) in [6.07, 6.45) is 7.29. The Kier molecular flexibility index (Phi) is 3.78. The van der Waals surface area contributed by atoms with E-state index in [0.29, 0.717) is 12.1 Å². The number of aromatic nitrogens is 6. The van der Waals surface area contributed by atoms with Gasteiger partial charge in [0.1, 0.15) is 6.33 Å². The molecule has 1 amide bonds. The van der Waals surface area contributed by atoms with Crippen molar-refractivity contribution in [1.82, 2.24) is 34.9 Å². The van der Waals surface area contributed by atoms with Crippen LogP contribution in [0.4, 0.5) is 0 Å². The first-order valence-corrected chi connectivity index (χ1v) is 7.93. The molecule has 122 valence electrons. The smallest absolute Gasteiger partial charge is 0.253 e. The average molecular weight is 323 g/mol. The Labute approximate surface area is 138 Å². The third-order valence-electron chi connectivity index (χ3n) is 4.31. The van der Waals surface area contributed by atoms with E-state index in [9.17, 15) is 4.79 Å². The summed E-state index contributed by atoms with van der Waals surface area (Å²) >= 11 is 0. The Balaban J connectivity index is 1.49. The first-order chi connectivity index (χ1) is 11.8. The van der Waals surface area contributed by atoms with Crippen LogP contribution in [0.2, 0.25) is 0 Å². The van der Waals surface area contributed by atoms with Gasteiger partial charge in [-0.15, -0.1) is 5.10 Å². The molecule has 1 aromatic carbocycles. The van der Waals surface area contributed by atoms with Crippen LogP contribution in [0.1, 0.15) is 29.2 Å². The van der Waals surface area contributed by atoms with Crippen molar-refractivity contribution in [2.75, 3.05) is 13.1 Å². The van der Waals surface area contributed by atoms with Crippen LogP contribution in [0.5, 0.6) is 0 Å². The van der Waals surface area contributed by atoms with Crippen LogP contribution >= 0.6 is 0 Å². The first-order valence-electron chi connectivity index (χ1n) is 7.93. The van der Waals surface area contributed by atoms with Crippen molar-refractivity contribution in [3.63, 3.8) is 0 Å².